The number of sulfonamides is 1. The lowest BCUT2D eigenvalue weighted by molar-refractivity contribution is -0.136. The Balaban J connectivity index is 1.59. The van der Waals surface area contributed by atoms with Crippen LogP contribution in [0.4, 0.5) is 4.39 Å². The van der Waals surface area contributed by atoms with Crippen LogP contribution in [-0.4, -0.2) is 48.8 Å². The van der Waals surface area contributed by atoms with Crippen molar-refractivity contribution < 1.29 is 22.1 Å². The SMILES string of the molecule is Cc1cc(CN(C)C(=O)C2CCN(S(=O)(=O)c3ccc(F)cc3)CC2)no1. The third kappa shape index (κ3) is 4.36. The highest BCUT2D eigenvalue weighted by atomic mass is 32.2. The Labute approximate surface area is 157 Å². The molecule has 1 fully saturated rings. The molecule has 2 heterocycles. The third-order valence-electron chi connectivity index (χ3n) is 4.71. The summed E-state index contributed by atoms with van der Waals surface area (Å²) in [4.78, 5) is 14.3. The van der Waals surface area contributed by atoms with E-state index in [1.807, 2.05) is 0 Å². The second kappa shape index (κ2) is 7.77. The first-order chi connectivity index (χ1) is 12.8. The van der Waals surface area contributed by atoms with Crippen LogP contribution in [0.3, 0.4) is 0 Å². The first-order valence-corrected chi connectivity index (χ1v) is 10.1. The van der Waals surface area contributed by atoms with Gasteiger partial charge in [0.25, 0.3) is 0 Å². The number of aromatic nitrogens is 1. The second-order valence-corrected chi connectivity index (χ2v) is 8.69. The minimum absolute atomic E-state index is 0.0329. The summed E-state index contributed by atoms with van der Waals surface area (Å²) in [6.45, 7) is 2.65. The van der Waals surface area contributed by atoms with Gasteiger partial charge in [0.1, 0.15) is 17.3 Å². The number of hydrogen-bond donors (Lipinski definition) is 0. The van der Waals surface area contributed by atoms with Crippen molar-refractivity contribution in [3.05, 3.63) is 47.6 Å². The molecular weight excluding hydrogens is 373 g/mol. The van der Waals surface area contributed by atoms with E-state index >= 15 is 0 Å². The van der Waals surface area contributed by atoms with E-state index < -0.39 is 15.8 Å². The highest BCUT2D eigenvalue weighted by Crippen LogP contribution is 2.25. The number of piperidine rings is 1. The van der Waals surface area contributed by atoms with E-state index in [-0.39, 0.29) is 29.8 Å². The predicted octanol–water partition coefficient (Wildman–Crippen LogP) is 2.18. The summed E-state index contributed by atoms with van der Waals surface area (Å²) in [7, 11) is -1.97. The average molecular weight is 395 g/mol. The predicted molar refractivity (Wildman–Crippen MR) is 95.6 cm³/mol. The second-order valence-electron chi connectivity index (χ2n) is 6.76. The number of carbonyl (C=O) groups excluding carboxylic acids is 1. The van der Waals surface area contributed by atoms with Crippen LogP contribution in [0.15, 0.2) is 39.8 Å². The van der Waals surface area contributed by atoms with Crippen molar-refractivity contribution in [3.8, 4) is 0 Å². The summed E-state index contributed by atoms with van der Waals surface area (Å²) >= 11 is 0. The van der Waals surface area contributed by atoms with E-state index in [9.17, 15) is 17.6 Å². The Bertz CT molecular complexity index is 903. The molecule has 7 nitrogen and oxygen atoms in total. The molecule has 0 saturated carbocycles. The van der Waals surface area contributed by atoms with Gasteiger partial charge in [-0.15, -0.1) is 0 Å². The van der Waals surface area contributed by atoms with Crippen molar-refractivity contribution in [3.63, 3.8) is 0 Å². The van der Waals surface area contributed by atoms with Crippen LogP contribution in [-0.2, 0) is 21.4 Å². The summed E-state index contributed by atoms with van der Waals surface area (Å²) in [5.74, 6) is -0.0640. The van der Waals surface area contributed by atoms with Gasteiger partial charge in [0.15, 0.2) is 0 Å². The first kappa shape index (κ1) is 19.5. The zero-order valence-electron chi connectivity index (χ0n) is 15.3. The molecule has 2 aromatic rings. The smallest absolute Gasteiger partial charge is 0.243 e. The number of benzene rings is 1. The standard InChI is InChI=1S/C18H22FN3O4S/c1-13-11-16(20-26-13)12-21(2)18(23)14-7-9-22(10-8-14)27(24,25)17-5-3-15(19)4-6-17/h3-6,11,14H,7-10,12H2,1-2H3. The zero-order valence-corrected chi connectivity index (χ0v) is 16.1. The molecule has 0 atom stereocenters. The van der Waals surface area contributed by atoms with Crippen molar-refractivity contribution in [1.29, 1.82) is 0 Å². The van der Waals surface area contributed by atoms with Crippen molar-refractivity contribution >= 4 is 15.9 Å². The van der Waals surface area contributed by atoms with Crippen LogP contribution < -0.4 is 0 Å². The fraction of sp³-hybridized carbons (Fsp3) is 0.444. The van der Waals surface area contributed by atoms with Crippen molar-refractivity contribution in [2.24, 2.45) is 5.92 Å². The maximum absolute atomic E-state index is 13.0. The van der Waals surface area contributed by atoms with Gasteiger partial charge in [0.2, 0.25) is 15.9 Å². The number of rotatable bonds is 5. The number of amides is 1. The van der Waals surface area contributed by atoms with E-state index in [0.29, 0.717) is 30.8 Å². The number of hydrogen-bond acceptors (Lipinski definition) is 5. The van der Waals surface area contributed by atoms with Gasteiger partial charge >= 0.3 is 0 Å². The minimum atomic E-state index is -3.67. The van der Waals surface area contributed by atoms with Crippen molar-refractivity contribution in [2.75, 3.05) is 20.1 Å². The van der Waals surface area contributed by atoms with E-state index in [1.54, 1.807) is 24.9 Å². The molecule has 27 heavy (non-hydrogen) atoms. The maximum Gasteiger partial charge on any atom is 0.243 e. The van der Waals surface area contributed by atoms with E-state index in [2.05, 4.69) is 5.16 Å². The van der Waals surface area contributed by atoms with Crippen LogP contribution in [0.1, 0.15) is 24.3 Å². The largest absolute Gasteiger partial charge is 0.361 e. The molecule has 0 spiro atoms. The molecule has 1 amide bonds. The lowest BCUT2D eigenvalue weighted by atomic mass is 9.96. The number of nitrogens with zero attached hydrogens (tertiary/aromatic N) is 3. The molecule has 0 unspecified atom stereocenters. The monoisotopic (exact) mass is 395 g/mol. The highest BCUT2D eigenvalue weighted by Gasteiger charge is 2.33. The summed E-state index contributed by atoms with van der Waals surface area (Å²) in [5.41, 5.74) is 0.680. The average Bonchev–Trinajstić information content (AvgIpc) is 3.06. The Hall–Kier alpha value is -2.26. The van der Waals surface area contributed by atoms with Gasteiger partial charge in [0.05, 0.1) is 11.4 Å². The van der Waals surface area contributed by atoms with Crippen molar-refractivity contribution in [2.45, 2.75) is 31.2 Å². The molecule has 0 bridgehead atoms. The lowest BCUT2D eigenvalue weighted by Gasteiger charge is -2.32. The van der Waals surface area contributed by atoms with Crippen LogP contribution >= 0.6 is 0 Å². The highest BCUT2D eigenvalue weighted by molar-refractivity contribution is 7.89. The minimum Gasteiger partial charge on any atom is -0.361 e. The molecule has 3 rings (SSSR count). The Morgan fingerprint density at radius 3 is 2.48 bits per heavy atom. The Morgan fingerprint density at radius 1 is 1.30 bits per heavy atom. The lowest BCUT2D eigenvalue weighted by Crippen LogP contribution is -2.43. The number of halogens is 1. The van der Waals surface area contributed by atoms with Gasteiger partial charge in [-0.25, -0.2) is 12.8 Å². The summed E-state index contributed by atoms with van der Waals surface area (Å²) in [6.07, 6.45) is 0.892. The van der Waals surface area contributed by atoms with Gasteiger partial charge in [-0.05, 0) is 44.0 Å². The van der Waals surface area contributed by atoms with Crippen LogP contribution in [0.5, 0.6) is 0 Å². The summed E-state index contributed by atoms with van der Waals surface area (Å²) < 4.78 is 44.7. The van der Waals surface area contributed by atoms with Crippen LogP contribution in [0.2, 0.25) is 0 Å². The molecule has 0 aliphatic carbocycles. The molecule has 1 aliphatic heterocycles. The van der Waals surface area contributed by atoms with Gasteiger partial charge in [0, 0.05) is 32.1 Å². The topological polar surface area (TPSA) is 83.7 Å². The molecule has 1 aliphatic rings. The third-order valence-corrected chi connectivity index (χ3v) is 6.62. The van der Waals surface area contributed by atoms with E-state index in [0.717, 1.165) is 12.1 Å². The molecule has 0 radical (unpaired) electrons. The van der Waals surface area contributed by atoms with Gasteiger partial charge in [-0.1, -0.05) is 5.16 Å². The van der Waals surface area contributed by atoms with Crippen molar-refractivity contribution in [1.82, 2.24) is 14.4 Å². The van der Waals surface area contributed by atoms with Crippen LogP contribution in [0.25, 0.3) is 0 Å². The Kier molecular flexibility index (Phi) is 5.61. The molecule has 1 saturated heterocycles. The normalized spacial score (nSPS) is 16.4. The number of carbonyl (C=O) groups is 1. The summed E-state index contributed by atoms with van der Waals surface area (Å²) in [5, 5.41) is 3.88. The molecular formula is C18H22FN3O4S. The fourth-order valence-electron chi connectivity index (χ4n) is 3.22. The van der Waals surface area contributed by atoms with Gasteiger partial charge in [-0.3, -0.25) is 4.79 Å². The quantitative estimate of drug-likeness (QED) is 0.775. The van der Waals surface area contributed by atoms with Gasteiger partial charge < -0.3 is 9.42 Å². The summed E-state index contributed by atoms with van der Waals surface area (Å²) in [6, 6.07) is 6.56. The first-order valence-electron chi connectivity index (χ1n) is 8.70. The van der Waals surface area contributed by atoms with Crippen LogP contribution in [0, 0.1) is 18.7 Å². The molecule has 9 heteroatoms. The maximum atomic E-state index is 13.0. The molecule has 0 N–H and O–H groups in total. The zero-order chi connectivity index (χ0) is 19.6. The van der Waals surface area contributed by atoms with E-state index in [4.69, 9.17) is 4.52 Å². The van der Waals surface area contributed by atoms with E-state index in [1.165, 1.54) is 16.4 Å². The van der Waals surface area contributed by atoms with Gasteiger partial charge in [-0.2, -0.15) is 4.31 Å². The number of aryl methyl sites for hydroxylation is 1. The Morgan fingerprint density at radius 2 is 1.93 bits per heavy atom. The molecule has 1 aromatic heterocycles. The molecule has 1 aromatic carbocycles. The fourth-order valence-corrected chi connectivity index (χ4v) is 4.69. The molecule has 146 valence electrons.